The molecule has 0 spiro atoms. The summed E-state index contributed by atoms with van der Waals surface area (Å²) >= 11 is 0. The highest BCUT2D eigenvalue weighted by Gasteiger charge is 2.26. The molecule has 0 amide bonds. The molecule has 1 unspecified atom stereocenters. The van der Waals surface area contributed by atoms with Crippen LogP contribution in [0.1, 0.15) is 66.2 Å². The molecule has 0 bridgehead atoms. The molecule has 0 aromatic heterocycles. The Morgan fingerprint density at radius 1 is 1.17 bits per heavy atom. The van der Waals surface area contributed by atoms with Crippen LogP contribution in [0.4, 0.5) is 0 Å². The molecule has 2 nitrogen and oxygen atoms in total. The van der Waals surface area contributed by atoms with Crippen LogP contribution in [0.25, 0.3) is 0 Å². The number of hydrogen-bond acceptors (Lipinski definition) is 2. The minimum atomic E-state index is 0.687. The molecule has 1 N–H and O–H groups in total. The van der Waals surface area contributed by atoms with Crippen LogP contribution in [-0.4, -0.2) is 36.6 Å². The lowest BCUT2D eigenvalue weighted by atomic mass is 10.1. The highest BCUT2D eigenvalue weighted by molar-refractivity contribution is 4.82. The van der Waals surface area contributed by atoms with Crippen molar-refractivity contribution in [1.82, 2.24) is 10.2 Å². The zero-order chi connectivity index (χ0) is 13.4. The van der Waals surface area contributed by atoms with E-state index in [0.29, 0.717) is 6.04 Å². The van der Waals surface area contributed by atoms with Gasteiger partial charge in [0.05, 0.1) is 0 Å². The van der Waals surface area contributed by atoms with E-state index < -0.39 is 0 Å². The van der Waals surface area contributed by atoms with E-state index in [2.05, 4.69) is 37.9 Å². The van der Waals surface area contributed by atoms with E-state index in [0.717, 1.165) is 18.5 Å². The number of unbranched alkanes of at least 4 members (excludes halogenated alkanes) is 1. The van der Waals surface area contributed by atoms with E-state index in [1.165, 1.54) is 51.6 Å². The van der Waals surface area contributed by atoms with Gasteiger partial charge in [0.1, 0.15) is 0 Å². The van der Waals surface area contributed by atoms with Gasteiger partial charge in [0.2, 0.25) is 0 Å². The summed E-state index contributed by atoms with van der Waals surface area (Å²) in [6.07, 6.45) is 8.32. The van der Waals surface area contributed by atoms with Crippen molar-refractivity contribution in [3.05, 3.63) is 0 Å². The standard InChI is InChI=1S/C16H34N2/c1-5-6-11-17-12-15(4)18(13-14(2)3)16-9-7-8-10-16/h14-17H,5-13H2,1-4H3. The third-order valence-corrected chi connectivity index (χ3v) is 4.08. The van der Waals surface area contributed by atoms with Crippen molar-refractivity contribution in [1.29, 1.82) is 0 Å². The minimum Gasteiger partial charge on any atom is -0.315 e. The molecular weight excluding hydrogens is 220 g/mol. The van der Waals surface area contributed by atoms with Crippen LogP contribution in [0.3, 0.4) is 0 Å². The quantitative estimate of drug-likeness (QED) is 0.632. The van der Waals surface area contributed by atoms with Gasteiger partial charge in [-0.3, -0.25) is 4.90 Å². The number of nitrogens with zero attached hydrogens (tertiary/aromatic N) is 1. The number of hydrogen-bond donors (Lipinski definition) is 1. The summed E-state index contributed by atoms with van der Waals surface area (Å²) in [5.41, 5.74) is 0. The molecule has 0 aliphatic heterocycles. The normalized spacial score (nSPS) is 19.0. The minimum absolute atomic E-state index is 0.687. The molecule has 1 saturated carbocycles. The van der Waals surface area contributed by atoms with Crippen molar-refractivity contribution < 1.29 is 0 Å². The van der Waals surface area contributed by atoms with E-state index in [-0.39, 0.29) is 0 Å². The van der Waals surface area contributed by atoms with Crippen molar-refractivity contribution in [3.63, 3.8) is 0 Å². The van der Waals surface area contributed by atoms with Crippen LogP contribution < -0.4 is 5.32 Å². The Morgan fingerprint density at radius 2 is 1.83 bits per heavy atom. The van der Waals surface area contributed by atoms with Crippen molar-refractivity contribution in [2.45, 2.75) is 78.3 Å². The second-order valence-electron chi connectivity index (χ2n) is 6.44. The molecule has 0 aromatic rings. The van der Waals surface area contributed by atoms with E-state index in [1.807, 2.05) is 0 Å². The lowest BCUT2D eigenvalue weighted by Gasteiger charge is -2.36. The summed E-state index contributed by atoms with van der Waals surface area (Å²) in [6, 6.07) is 1.54. The van der Waals surface area contributed by atoms with E-state index in [4.69, 9.17) is 0 Å². The Hall–Kier alpha value is -0.0800. The summed E-state index contributed by atoms with van der Waals surface area (Å²) < 4.78 is 0. The van der Waals surface area contributed by atoms with Gasteiger partial charge in [-0.2, -0.15) is 0 Å². The molecule has 1 atom stereocenters. The Bertz CT molecular complexity index is 197. The fourth-order valence-corrected chi connectivity index (χ4v) is 3.08. The number of rotatable bonds is 9. The first-order valence-electron chi connectivity index (χ1n) is 8.11. The maximum atomic E-state index is 3.62. The first-order valence-corrected chi connectivity index (χ1v) is 8.11. The summed E-state index contributed by atoms with van der Waals surface area (Å²) in [4.78, 5) is 2.77. The molecule has 1 aliphatic rings. The largest absolute Gasteiger partial charge is 0.315 e. The van der Waals surface area contributed by atoms with Gasteiger partial charge < -0.3 is 5.32 Å². The molecule has 1 fully saturated rings. The molecule has 0 aromatic carbocycles. The Morgan fingerprint density at radius 3 is 2.39 bits per heavy atom. The molecule has 0 heterocycles. The second-order valence-corrected chi connectivity index (χ2v) is 6.44. The molecule has 2 heteroatoms. The second kappa shape index (κ2) is 8.92. The van der Waals surface area contributed by atoms with Crippen LogP contribution in [0.2, 0.25) is 0 Å². The first kappa shape index (κ1) is 16.0. The zero-order valence-electron chi connectivity index (χ0n) is 13.0. The summed E-state index contributed by atoms with van der Waals surface area (Å²) in [6.45, 7) is 13.0. The van der Waals surface area contributed by atoms with Crippen LogP contribution in [-0.2, 0) is 0 Å². The summed E-state index contributed by atoms with van der Waals surface area (Å²) in [5, 5.41) is 3.62. The fourth-order valence-electron chi connectivity index (χ4n) is 3.08. The van der Waals surface area contributed by atoms with Crippen LogP contribution >= 0.6 is 0 Å². The molecule has 0 saturated heterocycles. The third kappa shape index (κ3) is 5.71. The van der Waals surface area contributed by atoms with Gasteiger partial charge in [0.15, 0.2) is 0 Å². The average Bonchev–Trinajstić information content (AvgIpc) is 2.84. The predicted octanol–water partition coefficient (Wildman–Crippen LogP) is 3.67. The molecule has 1 rings (SSSR count). The summed E-state index contributed by atoms with van der Waals surface area (Å²) in [5.74, 6) is 0.781. The highest BCUT2D eigenvalue weighted by atomic mass is 15.2. The topological polar surface area (TPSA) is 15.3 Å². The molecular formula is C16H34N2. The Labute approximate surface area is 115 Å². The van der Waals surface area contributed by atoms with Gasteiger partial charge >= 0.3 is 0 Å². The molecule has 108 valence electrons. The van der Waals surface area contributed by atoms with Gasteiger partial charge in [0.25, 0.3) is 0 Å². The molecule has 0 radical (unpaired) electrons. The smallest absolute Gasteiger partial charge is 0.0195 e. The monoisotopic (exact) mass is 254 g/mol. The lowest BCUT2D eigenvalue weighted by molar-refractivity contribution is 0.126. The average molecular weight is 254 g/mol. The molecule has 1 aliphatic carbocycles. The van der Waals surface area contributed by atoms with E-state index in [9.17, 15) is 0 Å². The van der Waals surface area contributed by atoms with Crippen molar-refractivity contribution in [2.75, 3.05) is 19.6 Å². The Balaban J connectivity index is 2.37. The predicted molar refractivity (Wildman–Crippen MR) is 81.0 cm³/mol. The van der Waals surface area contributed by atoms with Gasteiger partial charge in [-0.25, -0.2) is 0 Å². The van der Waals surface area contributed by atoms with Gasteiger partial charge in [0, 0.05) is 25.2 Å². The molecule has 18 heavy (non-hydrogen) atoms. The fraction of sp³-hybridized carbons (Fsp3) is 1.00. The van der Waals surface area contributed by atoms with E-state index >= 15 is 0 Å². The summed E-state index contributed by atoms with van der Waals surface area (Å²) in [7, 11) is 0. The van der Waals surface area contributed by atoms with Gasteiger partial charge in [-0.1, -0.05) is 40.0 Å². The Kier molecular flexibility index (Phi) is 7.92. The van der Waals surface area contributed by atoms with Gasteiger partial charge in [-0.15, -0.1) is 0 Å². The van der Waals surface area contributed by atoms with Gasteiger partial charge in [-0.05, 0) is 38.6 Å². The maximum absolute atomic E-state index is 3.62. The third-order valence-electron chi connectivity index (χ3n) is 4.08. The van der Waals surface area contributed by atoms with Crippen molar-refractivity contribution in [3.8, 4) is 0 Å². The van der Waals surface area contributed by atoms with E-state index in [1.54, 1.807) is 0 Å². The van der Waals surface area contributed by atoms with Crippen LogP contribution in [0, 0.1) is 5.92 Å². The van der Waals surface area contributed by atoms with Crippen LogP contribution in [0.15, 0.2) is 0 Å². The lowest BCUT2D eigenvalue weighted by Crippen LogP contribution is -2.47. The highest BCUT2D eigenvalue weighted by Crippen LogP contribution is 2.25. The zero-order valence-corrected chi connectivity index (χ0v) is 13.0. The first-order chi connectivity index (χ1) is 8.65. The maximum Gasteiger partial charge on any atom is 0.0195 e. The van der Waals surface area contributed by atoms with Crippen LogP contribution in [0.5, 0.6) is 0 Å². The van der Waals surface area contributed by atoms with Crippen molar-refractivity contribution >= 4 is 0 Å². The SMILES string of the molecule is CCCCNCC(C)N(CC(C)C)C1CCCC1. The number of nitrogens with one attached hydrogen (secondary N) is 1. The van der Waals surface area contributed by atoms with Crippen molar-refractivity contribution in [2.24, 2.45) is 5.92 Å².